The van der Waals surface area contributed by atoms with Crippen molar-refractivity contribution in [2.24, 2.45) is 0 Å². The highest BCUT2D eigenvalue weighted by molar-refractivity contribution is 6.35. The minimum absolute atomic E-state index is 0.0155. The molecule has 108 valence electrons. The number of aryl methyl sites for hydroxylation is 2. The third-order valence-electron chi connectivity index (χ3n) is 4.04. The van der Waals surface area contributed by atoms with Crippen LogP contribution in [0.15, 0.2) is 30.3 Å². The lowest BCUT2D eigenvalue weighted by molar-refractivity contribution is -0.116. The van der Waals surface area contributed by atoms with Crippen LogP contribution < -0.4 is 5.32 Å². The standard InChI is InChI=1S/C17H15Cl2NO/c1-9-5-14-13(12-4-3-11(18)7-15(12)19)8-17(21)20-16(14)6-10(9)2/h3-7,13H,8H2,1-2H3,(H,20,21)/t13-/m1/s1. The zero-order chi connectivity index (χ0) is 15.1. The van der Waals surface area contributed by atoms with Crippen molar-refractivity contribution in [3.05, 3.63) is 62.6 Å². The molecule has 0 aromatic heterocycles. The average molecular weight is 320 g/mol. The van der Waals surface area contributed by atoms with E-state index in [1.807, 2.05) is 25.1 Å². The highest BCUT2D eigenvalue weighted by atomic mass is 35.5. The first-order valence-corrected chi connectivity index (χ1v) is 7.57. The van der Waals surface area contributed by atoms with E-state index in [0.29, 0.717) is 16.5 Å². The maximum absolute atomic E-state index is 12.0. The minimum atomic E-state index is -0.0298. The number of amides is 1. The molecular weight excluding hydrogens is 305 g/mol. The van der Waals surface area contributed by atoms with Gasteiger partial charge in [-0.05, 0) is 54.3 Å². The second kappa shape index (κ2) is 5.36. The van der Waals surface area contributed by atoms with Gasteiger partial charge in [-0.15, -0.1) is 0 Å². The van der Waals surface area contributed by atoms with E-state index in [1.165, 1.54) is 5.56 Å². The molecule has 0 unspecified atom stereocenters. The summed E-state index contributed by atoms with van der Waals surface area (Å²) in [6.45, 7) is 4.12. The normalized spacial score (nSPS) is 17.3. The molecule has 0 aliphatic carbocycles. The number of benzene rings is 2. The van der Waals surface area contributed by atoms with E-state index in [9.17, 15) is 4.79 Å². The van der Waals surface area contributed by atoms with Crippen LogP contribution in [0, 0.1) is 13.8 Å². The monoisotopic (exact) mass is 319 g/mol. The Kier molecular flexibility index (Phi) is 3.68. The molecule has 1 aliphatic heterocycles. The molecule has 4 heteroatoms. The van der Waals surface area contributed by atoms with Crippen molar-refractivity contribution in [1.82, 2.24) is 0 Å². The molecular formula is C17H15Cl2NO. The molecule has 0 bridgehead atoms. The number of nitrogens with one attached hydrogen (secondary N) is 1. The van der Waals surface area contributed by atoms with Crippen LogP contribution in [0.25, 0.3) is 0 Å². The van der Waals surface area contributed by atoms with Gasteiger partial charge in [0.15, 0.2) is 0 Å². The Morgan fingerprint density at radius 1 is 1.05 bits per heavy atom. The molecule has 1 N–H and O–H groups in total. The van der Waals surface area contributed by atoms with Crippen molar-refractivity contribution in [2.75, 3.05) is 5.32 Å². The Balaban J connectivity index is 2.16. The Hall–Kier alpha value is -1.51. The minimum Gasteiger partial charge on any atom is -0.326 e. The number of fused-ring (bicyclic) bond motifs is 1. The molecule has 2 aromatic carbocycles. The van der Waals surface area contributed by atoms with Crippen molar-refractivity contribution in [1.29, 1.82) is 0 Å². The molecule has 1 amide bonds. The topological polar surface area (TPSA) is 29.1 Å². The summed E-state index contributed by atoms with van der Waals surface area (Å²) >= 11 is 12.3. The number of hydrogen-bond donors (Lipinski definition) is 1. The van der Waals surface area contributed by atoms with Gasteiger partial charge in [0.05, 0.1) is 0 Å². The number of anilines is 1. The molecule has 1 atom stereocenters. The second-order valence-corrected chi connectivity index (χ2v) is 6.34. The Morgan fingerprint density at radius 3 is 2.48 bits per heavy atom. The van der Waals surface area contributed by atoms with Crippen LogP contribution in [-0.4, -0.2) is 5.91 Å². The van der Waals surface area contributed by atoms with E-state index in [-0.39, 0.29) is 11.8 Å². The van der Waals surface area contributed by atoms with Gasteiger partial charge in [0, 0.05) is 28.1 Å². The molecule has 0 saturated heterocycles. The summed E-state index contributed by atoms with van der Waals surface area (Å²) in [4.78, 5) is 12.0. The van der Waals surface area contributed by atoms with Gasteiger partial charge in [0.2, 0.25) is 5.91 Å². The summed E-state index contributed by atoms with van der Waals surface area (Å²) in [5.41, 5.74) is 5.31. The molecule has 2 aromatic rings. The maximum atomic E-state index is 12.0. The molecule has 21 heavy (non-hydrogen) atoms. The van der Waals surface area contributed by atoms with Crippen LogP contribution in [0.2, 0.25) is 10.0 Å². The fourth-order valence-corrected chi connectivity index (χ4v) is 3.33. The van der Waals surface area contributed by atoms with Crippen molar-refractivity contribution in [2.45, 2.75) is 26.2 Å². The molecule has 1 aliphatic rings. The largest absolute Gasteiger partial charge is 0.326 e. The lowest BCUT2D eigenvalue weighted by Gasteiger charge is -2.27. The fraction of sp³-hybridized carbons (Fsp3) is 0.235. The highest BCUT2D eigenvalue weighted by Gasteiger charge is 2.28. The van der Waals surface area contributed by atoms with E-state index in [2.05, 4.69) is 18.3 Å². The molecule has 0 fully saturated rings. The Morgan fingerprint density at radius 2 is 1.76 bits per heavy atom. The van der Waals surface area contributed by atoms with E-state index in [0.717, 1.165) is 22.4 Å². The van der Waals surface area contributed by atoms with E-state index >= 15 is 0 Å². The van der Waals surface area contributed by atoms with Gasteiger partial charge < -0.3 is 5.32 Å². The first-order valence-electron chi connectivity index (χ1n) is 6.81. The number of halogens is 2. The van der Waals surface area contributed by atoms with E-state index in [4.69, 9.17) is 23.2 Å². The Labute approximate surface area is 134 Å². The predicted molar refractivity (Wildman–Crippen MR) is 87.5 cm³/mol. The number of carbonyl (C=O) groups is 1. The van der Waals surface area contributed by atoms with Crippen LogP contribution in [0.1, 0.15) is 34.6 Å². The molecule has 3 rings (SSSR count). The van der Waals surface area contributed by atoms with Crippen LogP contribution >= 0.6 is 23.2 Å². The predicted octanol–water partition coefficient (Wildman–Crippen LogP) is 5.08. The zero-order valence-electron chi connectivity index (χ0n) is 11.8. The van der Waals surface area contributed by atoms with Gasteiger partial charge in [0.1, 0.15) is 0 Å². The lowest BCUT2D eigenvalue weighted by Crippen LogP contribution is -2.24. The summed E-state index contributed by atoms with van der Waals surface area (Å²) < 4.78 is 0. The van der Waals surface area contributed by atoms with Crippen molar-refractivity contribution < 1.29 is 4.79 Å². The third kappa shape index (κ3) is 2.66. The zero-order valence-corrected chi connectivity index (χ0v) is 13.3. The van der Waals surface area contributed by atoms with Crippen LogP contribution in [0.5, 0.6) is 0 Å². The second-order valence-electron chi connectivity index (χ2n) is 5.49. The summed E-state index contributed by atoms with van der Waals surface area (Å²) in [5.74, 6) is -0.0143. The van der Waals surface area contributed by atoms with Gasteiger partial charge in [-0.1, -0.05) is 35.3 Å². The Bertz CT molecular complexity index is 740. The van der Waals surface area contributed by atoms with Crippen LogP contribution in [-0.2, 0) is 4.79 Å². The number of hydrogen-bond acceptors (Lipinski definition) is 1. The van der Waals surface area contributed by atoms with Crippen LogP contribution in [0.4, 0.5) is 5.69 Å². The van der Waals surface area contributed by atoms with Crippen molar-refractivity contribution in [3.8, 4) is 0 Å². The fourth-order valence-electron chi connectivity index (χ4n) is 2.79. The first-order chi connectivity index (χ1) is 9.95. The molecule has 2 nitrogen and oxygen atoms in total. The maximum Gasteiger partial charge on any atom is 0.225 e. The lowest BCUT2D eigenvalue weighted by atomic mass is 9.83. The van der Waals surface area contributed by atoms with Crippen molar-refractivity contribution >= 4 is 34.8 Å². The van der Waals surface area contributed by atoms with Gasteiger partial charge in [-0.25, -0.2) is 0 Å². The molecule has 0 radical (unpaired) electrons. The van der Waals surface area contributed by atoms with Crippen molar-refractivity contribution in [3.63, 3.8) is 0 Å². The molecule has 0 saturated carbocycles. The third-order valence-corrected chi connectivity index (χ3v) is 4.61. The summed E-state index contributed by atoms with van der Waals surface area (Å²) in [7, 11) is 0. The van der Waals surface area contributed by atoms with Crippen LogP contribution in [0.3, 0.4) is 0 Å². The van der Waals surface area contributed by atoms with Gasteiger partial charge >= 0.3 is 0 Å². The van der Waals surface area contributed by atoms with Gasteiger partial charge in [0.25, 0.3) is 0 Å². The SMILES string of the molecule is Cc1cc2c(cc1C)[C@@H](c1ccc(Cl)cc1Cl)CC(=O)N2. The molecule has 1 heterocycles. The first kappa shape index (κ1) is 14.4. The number of carbonyl (C=O) groups excluding carboxylic acids is 1. The van der Waals surface area contributed by atoms with E-state index < -0.39 is 0 Å². The quantitative estimate of drug-likeness (QED) is 0.779. The summed E-state index contributed by atoms with van der Waals surface area (Å²) in [5, 5.41) is 4.15. The average Bonchev–Trinajstić information content (AvgIpc) is 2.40. The van der Waals surface area contributed by atoms with E-state index in [1.54, 1.807) is 6.07 Å². The number of rotatable bonds is 1. The molecule has 0 spiro atoms. The van der Waals surface area contributed by atoms with Gasteiger partial charge in [-0.3, -0.25) is 4.79 Å². The highest BCUT2D eigenvalue weighted by Crippen LogP contribution is 2.41. The van der Waals surface area contributed by atoms with Gasteiger partial charge in [-0.2, -0.15) is 0 Å². The smallest absolute Gasteiger partial charge is 0.225 e. The summed E-state index contributed by atoms with van der Waals surface area (Å²) in [6, 6.07) is 9.62. The summed E-state index contributed by atoms with van der Waals surface area (Å²) in [6.07, 6.45) is 0.400.